The van der Waals surface area contributed by atoms with Crippen molar-refractivity contribution in [2.75, 3.05) is 26.2 Å². The molecule has 3 aliphatic rings. The van der Waals surface area contributed by atoms with E-state index in [0.29, 0.717) is 25.4 Å². The van der Waals surface area contributed by atoms with Crippen LogP contribution in [-0.2, 0) is 14.3 Å². The number of likely N-dealkylation sites (tertiary alicyclic amines) is 1. The van der Waals surface area contributed by atoms with Crippen molar-refractivity contribution in [3.63, 3.8) is 0 Å². The molecule has 2 heterocycles. The average Bonchev–Trinajstić information content (AvgIpc) is 2.91. The van der Waals surface area contributed by atoms with Crippen LogP contribution in [0.2, 0.25) is 0 Å². The van der Waals surface area contributed by atoms with Gasteiger partial charge in [-0.3, -0.25) is 9.59 Å². The Bertz CT molecular complexity index is 362. The number of rotatable bonds is 5. The first-order chi connectivity index (χ1) is 9.22. The molecule has 0 aromatic heterocycles. The van der Waals surface area contributed by atoms with Gasteiger partial charge >= 0.3 is 0 Å². The molecular weight excluding hydrogens is 244 g/mol. The highest BCUT2D eigenvalue weighted by atomic mass is 16.5. The Labute approximate surface area is 113 Å². The van der Waals surface area contributed by atoms with Crippen LogP contribution in [0, 0.1) is 11.8 Å². The van der Waals surface area contributed by atoms with Crippen molar-refractivity contribution in [1.82, 2.24) is 10.2 Å². The number of amides is 2. The molecule has 0 radical (unpaired) electrons. The van der Waals surface area contributed by atoms with Crippen molar-refractivity contribution < 1.29 is 14.3 Å². The first kappa shape index (κ1) is 12.9. The molecule has 0 aromatic carbocycles. The molecule has 0 spiro atoms. The number of carbonyl (C=O) groups excluding carboxylic acids is 2. The quantitative estimate of drug-likeness (QED) is 0.790. The minimum atomic E-state index is -0.160. The highest BCUT2D eigenvalue weighted by molar-refractivity contribution is 5.89. The number of ether oxygens (including phenoxy) is 1. The highest BCUT2D eigenvalue weighted by Crippen LogP contribution is 2.32. The molecule has 5 nitrogen and oxygen atoms in total. The van der Waals surface area contributed by atoms with E-state index in [1.807, 2.05) is 4.90 Å². The SMILES string of the molecule is O=C(NC[C@@H]1CCCO1)[C@H]1CC(=O)N(CC2CC2)C1. The fourth-order valence-electron chi connectivity index (χ4n) is 2.90. The van der Waals surface area contributed by atoms with Gasteiger partial charge in [0.05, 0.1) is 12.0 Å². The smallest absolute Gasteiger partial charge is 0.225 e. The lowest BCUT2D eigenvalue weighted by molar-refractivity contribution is -0.129. The van der Waals surface area contributed by atoms with Gasteiger partial charge < -0.3 is 15.0 Å². The van der Waals surface area contributed by atoms with Crippen LogP contribution in [0.4, 0.5) is 0 Å². The van der Waals surface area contributed by atoms with Crippen molar-refractivity contribution in [3.8, 4) is 0 Å². The largest absolute Gasteiger partial charge is 0.376 e. The van der Waals surface area contributed by atoms with Crippen LogP contribution in [0.1, 0.15) is 32.1 Å². The minimum Gasteiger partial charge on any atom is -0.376 e. The summed E-state index contributed by atoms with van der Waals surface area (Å²) >= 11 is 0. The van der Waals surface area contributed by atoms with Gasteiger partial charge in [0.2, 0.25) is 11.8 Å². The lowest BCUT2D eigenvalue weighted by Gasteiger charge is -2.16. The molecule has 2 amide bonds. The van der Waals surface area contributed by atoms with Gasteiger partial charge in [-0.25, -0.2) is 0 Å². The molecule has 2 saturated heterocycles. The molecule has 1 aliphatic carbocycles. The third-order valence-corrected chi connectivity index (χ3v) is 4.29. The van der Waals surface area contributed by atoms with Gasteiger partial charge in [-0.2, -0.15) is 0 Å². The molecule has 3 rings (SSSR count). The summed E-state index contributed by atoms with van der Waals surface area (Å²) in [6.07, 6.45) is 5.13. The Morgan fingerprint density at radius 1 is 1.37 bits per heavy atom. The van der Waals surface area contributed by atoms with Crippen LogP contribution in [0.5, 0.6) is 0 Å². The van der Waals surface area contributed by atoms with Crippen molar-refractivity contribution in [1.29, 1.82) is 0 Å². The van der Waals surface area contributed by atoms with Crippen LogP contribution in [0.3, 0.4) is 0 Å². The number of hydrogen-bond acceptors (Lipinski definition) is 3. The fourth-order valence-corrected chi connectivity index (χ4v) is 2.90. The summed E-state index contributed by atoms with van der Waals surface area (Å²) in [6.45, 7) is 2.85. The van der Waals surface area contributed by atoms with Crippen molar-refractivity contribution in [2.45, 2.75) is 38.2 Å². The van der Waals surface area contributed by atoms with E-state index in [1.54, 1.807) is 0 Å². The molecule has 1 saturated carbocycles. The first-order valence-electron chi connectivity index (χ1n) is 7.39. The van der Waals surface area contributed by atoms with Crippen LogP contribution in [0.25, 0.3) is 0 Å². The Balaban J connectivity index is 1.43. The van der Waals surface area contributed by atoms with E-state index in [4.69, 9.17) is 4.74 Å². The van der Waals surface area contributed by atoms with Gasteiger partial charge in [0.25, 0.3) is 0 Å². The van der Waals surface area contributed by atoms with E-state index in [-0.39, 0.29) is 23.8 Å². The fraction of sp³-hybridized carbons (Fsp3) is 0.857. The standard InChI is InChI=1S/C14H22N2O3/c17-13-6-11(9-16(13)8-10-3-4-10)14(18)15-7-12-2-1-5-19-12/h10-12H,1-9H2,(H,15,18)/t11-,12-/m0/s1. The highest BCUT2D eigenvalue weighted by Gasteiger charge is 2.37. The van der Waals surface area contributed by atoms with Crippen LogP contribution < -0.4 is 5.32 Å². The van der Waals surface area contributed by atoms with Gasteiger partial charge in [-0.05, 0) is 31.6 Å². The molecule has 3 fully saturated rings. The second-order valence-corrected chi connectivity index (χ2v) is 6.02. The summed E-state index contributed by atoms with van der Waals surface area (Å²) in [4.78, 5) is 25.8. The summed E-state index contributed by atoms with van der Waals surface area (Å²) in [5.74, 6) is 0.691. The molecule has 0 aromatic rings. The minimum absolute atomic E-state index is 0.0159. The van der Waals surface area contributed by atoms with E-state index >= 15 is 0 Å². The number of nitrogens with zero attached hydrogens (tertiary/aromatic N) is 1. The zero-order valence-corrected chi connectivity index (χ0v) is 11.3. The maximum Gasteiger partial charge on any atom is 0.225 e. The van der Waals surface area contributed by atoms with Crippen LogP contribution in [-0.4, -0.2) is 49.1 Å². The molecule has 106 valence electrons. The van der Waals surface area contributed by atoms with Gasteiger partial charge in [-0.15, -0.1) is 0 Å². The molecule has 0 unspecified atom stereocenters. The molecule has 19 heavy (non-hydrogen) atoms. The van der Waals surface area contributed by atoms with Gasteiger partial charge in [-0.1, -0.05) is 0 Å². The molecule has 2 aliphatic heterocycles. The van der Waals surface area contributed by atoms with Crippen LogP contribution in [0.15, 0.2) is 0 Å². The van der Waals surface area contributed by atoms with Crippen LogP contribution >= 0.6 is 0 Å². The molecular formula is C14H22N2O3. The second-order valence-electron chi connectivity index (χ2n) is 6.02. The molecule has 1 N–H and O–H groups in total. The summed E-state index contributed by atoms with van der Waals surface area (Å²) in [5, 5.41) is 2.93. The summed E-state index contributed by atoms with van der Waals surface area (Å²) in [5.41, 5.74) is 0. The number of carbonyl (C=O) groups is 2. The topological polar surface area (TPSA) is 58.6 Å². The van der Waals surface area contributed by atoms with Crippen molar-refractivity contribution >= 4 is 11.8 Å². The van der Waals surface area contributed by atoms with Crippen molar-refractivity contribution in [2.24, 2.45) is 11.8 Å². The Morgan fingerprint density at radius 3 is 2.89 bits per heavy atom. The summed E-state index contributed by atoms with van der Waals surface area (Å²) in [7, 11) is 0. The Hall–Kier alpha value is -1.10. The predicted octanol–water partition coefficient (Wildman–Crippen LogP) is 0.540. The lowest BCUT2D eigenvalue weighted by atomic mass is 10.1. The zero-order valence-electron chi connectivity index (χ0n) is 11.3. The van der Waals surface area contributed by atoms with E-state index in [1.165, 1.54) is 12.8 Å². The maximum absolute atomic E-state index is 12.0. The number of hydrogen-bond donors (Lipinski definition) is 1. The Morgan fingerprint density at radius 2 is 2.21 bits per heavy atom. The molecule has 5 heteroatoms. The molecule has 2 atom stereocenters. The second kappa shape index (κ2) is 5.49. The average molecular weight is 266 g/mol. The van der Waals surface area contributed by atoms with E-state index in [9.17, 15) is 9.59 Å². The number of nitrogens with one attached hydrogen (secondary N) is 1. The zero-order chi connectivity index (χ0) is 13.2. The van der Waals surface area contributed by atoms with E-state index < -0.39 is 0 Å². The Kier molecular flexibility index (Phi) is 3.73. The van der Waals surface area contributed by atoms with E-state index in [0.717, 1.165) is 26.0 Å². The molecule has 0 bridgehead atoms. The van der Waals surface area contributed by atoms with Gasteiger partial charge in [0.1, 0.15) is 0 Å². The summed E-state index contributed by atoms with van der Waals surface area (Å²) < 4.78 is 5.48. The normalized spacial score (nSPS) is 30.9. The predicted molar refractivity (Wildman–Crippen MR) is 69.4 cm³/mol. The first-order valence-corrected chi connectivity index (χ1v) is 7.39. The summed E-state index contributed by atoms with van der Waals surface area (Å²) in [6, 6.07) is 0. The van der Waals surface area contributed by atoms with E-state index in [2.05, 4.69) is 5.32 Å². The third-order valence-electron chi connectivity index (χ3n) is 4.29. The maximum atomic E-state index is 12.0. The third kappa shape index (κ3) is 3.26. The van der Waals surface area contributed by atoms with Gasteiger partial charge in [0.15, 0.2) is 0 Å². The lowest BCUT2D eigenvalue weighted by Crippen LogP contribution is -2.37. The monoisotopic (exact) mass is 266 g/mol. The van der Waals surface area contributed by atoms with Gasteiger partial charge in [0, 0.05) is 32.7 Å². The van der Waals surface area contributed by atoms with Crippen molar-refractivity contribution in [3.05, 3.63) is 0 Å².